The normalized spacial score (nSPS) is 18.7. The molecule has 0 aliphatic carbocycles. The maximum absolute atomic E-state index is 5.14. The van der Waals surface area contributed by atoms with E-state index >= 15 is 0 Å². The maximum Gasteiger partial charge on any atom is 0.142 e. The van der Waals surface area contributed by atoms with Crippen molar-refractivity contribution in [2.45, 2.75) is 39.3 Å². The molecule has 0 aromatic carbocycles. The zero-order valence-electron chi connectivity index (χ0n) is 8.50. The van der Waals surface area contributed by atoms with E-state index in [9.17, 15) is 0 Å². The zero-order valence-corrected chi connectivity index (χ0v) is 8.50. The minimum atomic E-state index is 0.245. The third kappa shape index (κ3) is 1.61. The van der Waals surface area contributed by atoms with Crippen LogP contribution in [0.1, 0.15) is 32.1 Å². The fourth-order valence-electron chi connectivity index (χ4n) is 1.71. The van der Waals surface area contributed by atoms with Crippen LogP contribution in [0.3, 0.4) is 0 Å². The number of hydrogen-bond acceptors (Lipinski definition) is 3. The van der Waals surface area contributed by atoms with Crippen molar-refractivity contribution in [3.05, 3.63) is 17.5 Å². The van der Waals surface area contributed by atoms with Crippen LogP contribution in [0, 0.1) is 0 Å². The van der Waals surface area contributed by atoms with Gasteiger partial charge in [0.25, 0.3) is 0 Å². The lowest BCUT2D eigenvalue weighted by Gasteiger charge is -2.37. The largest absolute Gasteiger partial charge is 0.361 e. The first-order chi connectivity index (χ1) is 6.07. The Hall–Kier alpha value is -0.830. The fraction of sp³-hybridized carbons (Fsp3) is 0.700. The molecule has 0 amide bonds. The number of rotatable bonds is 0. The van der Waals surface area contributed by atoms with Crippen molar-refractivity contribution in [2.75, 3.05) is 6.54 Å². The highest BCUT2D eigenvalue weighted by atomic mass is 16.5. The van der Waals surface area contributed by atoms with E-state index in [1.54, 1.807) is 0 Å². The summed E-state index contributed by atoms with van der Waals surface area (Å²) in [5.41, 5.74) is 1.50. The Labute approximate surface area is 78.7 Å². The SMILES string of the molecule is CC(C)(C)N1CCc2oncc2C1. The van der Waals surface area contributed by atoms with Crippen LogP contribution in [0.2, 0.25) is 0 Å². The summed E-state index contributed by atoms with van der Waals surface area (Å²) in [4.78, 5) is 2.45. The van der Waals surface area contributed by atoms with Gasteiger partial charge in [0.1, 0.15) is 5.76 Å². The van der Waals surface area contributed by atoms with Crippen LogP contribution in [-0.4, -0.2) is 22.1 Å². The summed E-state index contributed by atoms with van der Waals surface area (Å²) >= 11 is 0. The minimum Gasteiger partial charge on any atom is -0.361 e. The van der Waals surface area contributed by atoms with Crippen LogP contribution < -0.4 is 0 Å². The Bertz CT molecular complexity index is 298. The van der Waals surface area contributed by atoms with Crippen molar-refractivity contribution in [3.63, 3.8) is 0 Å². The molecule has 13 heavy (non-hydrogen) atoms. The Morgan fingerprint density at radius 2 is 2.23 bits per heavy atom. The number of hydrogen-bond donors (Lipinski definition) is 0. The summed E-state index contributed by atoms with van der Waals surface area (Å²) in [6.45, 7) is 8.77. The van der Waals surface area contributed by atoms with Gasteiger partial charge in [0, 0.05) is 30.6 Å². The smallest absolute Gasteiger partial charge is 0.142 e. The number of nitrogens with zero attached hydrogens (tertiary/aromatic N) is 2. The molecule has 0 saturated carbocycles. The molecule has 0 spiro atoms. The van der Waals surface area contributed by atoms with Gasteiger partial charge in [-0.15, -0.1) is 0 Å². The molecule has 0 N–H and O–H groups in total. The summed E-state index contributed by atoms with van der Waals surface area (Å²) in [7, 11) is 0. The third-order valence-corrected chi connectivity index (χ3v) is 2.65. The van der Waals surface area contributed by atoms with E-state index in [0.29, 0.717) is 0 Å². The van der Waals surface area contributed by atoms with E-state index < -0.39 is 0 Å². The summed E-state index contributed by atoms with van der Waals surface area (Å²) in [6, 6.07) is 0. The van der Waals surface area contributed by atoms with Crippen LogP contribution in [0.5, 0.6) is 0 Å². The van der Waals surface area contributed by atoms with Crippen LogP contribution in [0.15, 0.2) is 10.7 Å². The van der Waals surface area contributed by atoms with Gasteiger partial charge in [-0.2, -0.15) is 0 Å². The Kier molecular flexibility index (Phi) is 1.91. The third-order valence-electron chi connectivity index (χ3n) is 2.65. The van der Waals surface area contributed by atoms with Gasteiger partial charge in [0.05, 0.1) is 6.20 Å². The molecule has 2 heterocycles. The van der Waals surface area contributed by atoms with Crippen LogP contribution in [-0.2, 0) is 13.0 Å². The molecule has 0 bridgehead atoms. The zero-order chi connectivity index (χ0) is 9.47. The lowest BCUT2D eigenvalue weighted by atomic mass is 10.0. The fourth-order valence-corrected chi connectivity index (χ4v) is 1.71. The van der Waals surface area contributed by atoms with Crippen molar-refractivity contribution in [1.82, 2.24) is 10.1 Å². The molecule has 72 valence electrons. The molecule has 0 unspecified atom stereocenters. The Morgan fingerprint density at radius 1 is 1.46 bits per heavy atom. The highest BCUT2D eigenvalue weighted by Crippen LogP contribution is 2.24. The van der Waals surface area contributed by atoms with Crippen LogP contribution >= 0.6 is 0 Å². The van der Waals surface area contributed by atoms with Crippen molar-refractivity contribution >= 4 is 0 Å². The number of aromatic nitrogens is 1. The Balaban J connectivity index is 2.18. The predicted molar refractivity (Wildman–Crippen MR) is 50.4 cm³/mol. The van der Waals surface area contributed by atoms with E-state index in [1.165, 1.54) is 5.56 Å². The molecule has 3 heteroatoms. The molecule has 0 saturated heterocycles. The van der Waals surface area contributed by atoms with E-state index in [1.807, 2.05) is 6.20 Å². The van der Waals surface area contributed by atoms with E-state index in [4.69, 9.17) is 4.52 Å². The number of fused-ring (bicyclic) bond motifs is 1. The molecule has 1 aromatic rings. The van der Waals surface area contributed by atoms with Gasteiger partial charge in [-0.25, -0.2) is 0 Å². The van der Waals surface area contributed by atoms with Crippen molar-refractivity contribution < 1.29 is 4.52 Å². The van der Waals surface area contributed by atoms with Gasteiger partial charge in [0.2, 0.25) is 0 Å². The molecule has 1 aliphatic heterocycles. The second-order valence-corrected chi connectivity index (χ2v) is 4.62. The topological polar surface area (TPSA) is 29.3 Å². The lowest BCUT2D eigenvalue weighted by Crippen LogP contribution is -2.43. The highest BCUT2D eigenvalue weighted by Gasteiger charge is 2.27. The van der Waals surface area contributed by atoms with E-state index in [2.05, 4.69) is 30.8 Å². The first-order valence-electron chi connectivity index (χ1n) is 4.75. The van der Waals surface area contributed by atoms with Crippen molar-refractivity contribution in [2.24, 2.45) is 0 Å². The van der Waals surface area contributed by atoms with Gasteiger partial charge >= 0.3 is 0 Å². The van der Waals surface area contributed by atoms with Crippen LogP contribution in [0.25, 0.3) is 0 Å². The monoisotopic (exact) mass is 180 g/mol. The molecule has 1 aromatic heterocycles. The molecule has 0 atom stereocenters. The summed E-state index contributed by atoms with van der Waals surface area (Å²) in [5, 5.41) is 3.82. The molecule has 0 radical (unpaired) electrons. The Morgan fingerprint density at radius 3 is 2.92 bits per heavy atom. The summed E-state index contributed by atoms with van der Waals surface area (Å²) < 4.78 is 5.14. The van der Waals surface area contributed by atoms with Crippen LogP contribution in [0.4, 0.5) is 0 Å². The van der Waals surface area contributed by atoms with Gasteiger partial charge < -0.3 is 4.52 Å². The average Bonchev–Trinajstić information content (AvgIpc) is 2.47. The first kappa shape index (κ1) is 8.75. The highest BCUT2D eigenvalue weighted by molar-refractivity contribution is 5.16. The second kappa shape index (κ2) is 2.84. The molecular formula is C10H16N2O. The predicted octanol–water partition coefficient (Wildman–Crippen LogP) is 1.83. The lowest BCUT2D eigenvalue weighted by molar-refractivity contribution is 0.115. The first-order valence-corrected chi connectivity index (χ1v) is 4.75. The quantitative estimate of drug-likeness (QED) is 0.610. The van der Waals surface area contributed by atoms with E-state index in [-0.39, 0.29) is 5.54 Å². The molecule has 2 rings (SSSR count). The van der Waals surface area contributed by atoms with Gasteiger partial charge in [-0.1, -0.05) is 5.16 Å². The molecular weight excluding hydrogens is 164 g/mol. The van der Waals surface area contributed by atoms with Gasteiger partial charge in [0.15, 0.2) is 0 Å². The summed E-state index contributed by atoms with van der Waals surface area (Å²) in [5.74, 6) is 1.07. The van der Waals surface area contributed by atoms with E-state index in [0.717, 1.165) is 25.3 Å². The van der Waals surface area contributed by atoms with Gasteiger partial charge in [-0.05, 0) is 20.8 Å². The second-order valence-electron chi connectivity index (χ2n) is 4.62. The standard InChI is InChI=1S/C10H16N2O/c1-10(2,3)12-5-4-9-8(7-12)6-11-13-9/h6H,4-5,7H2,1-3H3. The van der Waals surface area contributed by atoms with Crippen molar-refractivity contribution in [3.8, 4) is 0 Å². The minimum absolute atomic E-state index is 0.245. The van der Waals surface area contributed by atoms with Crippen molar-refractivity contribution in [1.29, 1.82) is 0 Å². The average molecular weight is 180 g/mol. The molecule has 0 fully saturated rings. The molecule has 3 nitrogen and oxygen atoms in total. The van der Waals surface area contributed by atoms with Gasteiger partial charge in [-0.3, -0.25) is 4.90 Å². The maximum atomic E-state index is 5.14. The molecule has 1 aliphatic rings. The summed E-state index contributed by atoms with van der Waals surface area (Å²) in [6.07, 6.45) is 2.83.